The van der Waals surface area contributed by atoms with Crippen molar-refractivity contribution in [1.82, 2.24) is 0 Å². The van der Waals surface area contributed by atoms with Crippen LogP contribution in [0.3, 0.4) is 0 Å². The number of nitrogens with zero attached hydrogens (tertiary/aromatic N) is 2. The molecular weight excluding hydrogens is 256 g/mol. The summed E-state index contributed by atoms with van der Waals surface area (Å²) in [5.74, 6) is 0. The first-order chi connectivity index (χ1) is 9.06. The topological polar surface area (TPSA) is 15.6 Å². The van der Waals surface area contributed by atoms with Gasteiger partial charge in [0.25, 0.3) is 0 Å². The number of anilines is 1. The van der Waals surface area contributed by atoms with Crippen LogP contribution in [0, 0.1) is 0 Å². The Morgan fingerprint density at radius 1 is 0.947 bits per heavy atom. The van der Waals surface area contributed by atoms with Crippen molar-refractivity contribution < 1.29 is 0 Å². The largest absolute Gasteiger partial charge is 0.378 e. The first-order valence-corrected chi connectivity index (χ1v) is 6.52. The molecule has 0 aliphatic rings. The first-order valence-electron chi connectivity index (χ1n) is 6.15. The van der Waals surface area contributed by atoms with Crippen molar-refractivity contribution in [2.45, 2.75) is 6.92 Å². The molecule has 0 aromatic heterocycles. The number of benzene rings is 2. The Bertz CT molecular complexity index is 569. The number of halogens is 1. The van der Waals surface area contributed by atoms with Crippen molar-refractivity contribution in [2.75, 3.05) is 19.0 Å². The maximum absolute atomic E-state index is 5.86. The maximum atomic E-state index is 5.86. The third kappa shape index (κ3) is 3.58. The van der Waals surface area contributed by atoms with Crippen molar-refractivity contribution in [3.8, 4) is 0 Å². The molecule has 2 rings (SSSR count). The fourth-order valence-corrected chi connectivity index (χ4v) is 1.90. The molecule has 0 aliphatic heterocycles. The van der Waals surface area contributed by atoms with E-state index in [-0.39, 0.29) is 0 Å². The molecule has 19 heavy (non-hydrogen) atoms. The molecule has 0 bridgehead atoms. The Kier molecular flexibility index (Phi) is 4.23. The second kappa shape index (κ2) is 5.89. The van der Waals surface area contributed by atoms with Gasteiger partial charge in [0.2, 0.25) is 0 Å². The van der Waals surface area contributed by atoms with Crippen LogP contribution >= 0.6 is 11.6 Å². The Morgan fingerprint density at radius 3 is 2.05 bits per heavy atom. The fraction of sp³-hybridized carbons (Fsp3) is 0.188. The Labute approximate surface area is 119 Å². The summed E-state index contributed by atoms with van der Waals surface area (Å²) in [6.07, 6.45) is 0. The van der Waals surface area contributed by atoms with Crippen LogP contribution in [-0.2, 0) is 0 Å². The van der Waals surface area contributed by atoms with Gasteiger partial charge >= 0.3 is 0 Å². The van der Waals surface area contributed by atoms with Gasteiger partial charge in [-0.05, 0) is 48.9 Å². The summed E-state index contributed by atoms with van der Waals surface area (Å²) in [7, 11) is 4.06. The van der Waals surface area contributed by atoms with Crippen molar-refractivity contribution in [3.63, 3.8) is 0 Å². The average molecular weight is 273 g/mol. The first kappa shape index (κ1) is 13.6. The van der Waals surface area contributed by atoms with Crippen LogP contribution in [-0.4, -0.2) is 19.8 Å². The molecule has 0 amide bonds. The predicted molar refractivity (Wildman–Crippen MR) is 84.1 cm³/mol. The molecule has 98 valence electrons. The van der Waals surface area contributed by atoms with E-state index in [1.54, 1.807) is 0 Å². The van der Waals surface area contributed by atoms with E-state index in [4.69, 9.17) is 11.6 Å². The van der Waals surface area contributed by atoms with Gasteiger partial charge in [-0.15, -0.1) is 0 Å². The van der Waals surface area contributed by atoms with Crippen molar-refractivity contribution in [1.29, 1.82) is 0 Å². The Hall–Kier alpha value is -1.80. The fourth-order valence-electron chi connectivity index (χ4n) is 1.77. The second-order valence-electron chi connectivity index (χ2n) is 4.61. The summed E-state index contributed by atoms with van der Waals surface area (Å²) in [6, 6.07) is 15.9. The van der Waals surface area contributed by atoms with E-state index in [2.05, 4.69) is 34.2 Å². The van der Waals surface area contributed by atoms with E-state index < -0.39 is 0 Å². The lowest BCUT2D eigenvalue weighted by Crippen LogP contribution is -2.08. The highest BCUT2D eigenvalue weighted by atomic mass is 35.5. The number of rotatable bonds is 3. The third-order valence-corrected chi connectivity index (χ3v) is 3.18. The minimum absolute atomic E-state index is 0.729. The lowest BCUT2D eigenvalue weighted by Gasteiger charge is -2.12. The minimum atomic E-state index is 0.729. The van der Waals surface area contributed by atoms with E-state index in [1.807, 2.05) is 45.3 Å². The van der Waals surface area contributed by atoms with E-state index in [0.717, 1.165) is 22.0 Å². The van der Waals surface area contributed by atoms with Gasteiger partial charge in [0, 0.05) is 30.5 Å². The monoisotopic (exact) mass is 272 g/mol. The van der Waals surface area contributed by atoms with Gasteiger partial charge in [-0.25, -0.2) is 0 Å². The van der Waals surface area contributed by atoms with Gasteiger partial charge in [0.1, 0.15) is 0 Å². The summed E-state index contributed by atoms with van der Waals surface area (Å²) in [5, 5.41) is 0.729. The summed E-state index contributed by atoms with van der Waals surface area (Å²) < 4.78 is 0. The molecule has 0 radical (unpaired) electrons. The average Bonchev–Trinajstić information content (AvgIpc) is 2.41. The lowest BCUT2D eigenvalue weighted by atomic mass is 10.1. The molecule has 2 nitrogen and oxygen atoms in total. The zero-order chi connectivity index (χ0) is 13.8. The normalized spacial score (nSPS) is 11.5. The van der Waals surface area contributed by atoms with Gasteiger partial charge in [-0.3, -0.25) is 4.99 Å². The molecule has 0 spiro atoms. The highest BCUT2D eigenvalue weighted by molar-refractivity contribution is 6.30. The molecule has 0 fully saturated rings. The molecule has 0 aliphatic carbocycles. The highest BCUT2D eigenvalue weighted by Crippen LogP contribution is 2.19. The zero-order valence-corrected chi connectivity index (χ0v) is 12.1. The molecule has 0 saturated heterocycles. The van der Waals surface area contributed by atoms with E-state index >= 15 is 0 Å². The smallest absolute Gasteiger partial charge is 0.0634 e. The van der Waals surface area contributed by atoms with Crippen LogP contribution in [0.1, 0.15) is 12.5 Å². The van der Waals surface area contributed by atoms with Crippen molar-refractivity contribution in [2.24, 2.45) is 4.99 Å². The minimum Gasteiger partial charge on any atom is -0.378 e. The third-order valence-electron chi connectivity index (χ3n) is 2.92. The van der Waals surface area contributed by atoms with Crippen LogP contribution in [0.25, 0.3) is 0 Å². The van der Waals surface area contributed by atoms with Crippen LogP contribution in [0.5, 0.6) is 0 Å². The number of hydrogen-bond acceptors (Lipinski definition) is 2. The summed E-state index contributed by atoms with van der Waals surface area (Å²) >= 11 is 5.86. The van der Waals surface area contributed by atoms with E-state index in [1.165, 1.54) is 5.69 Å². The van der Waals surface area contributed by atoms with Gasteiger partial charge in [-0.1, -0.05) is 23.7 Å². The maximum Gasteiger partial charge on any atom is 0.0634 e. The van der Waals surface area contributed by atoms with E-state index in [9.17, 15) is 0 Å². The summed E-state index contributed by atoms with van der Waals surface area (Å²) in [4.78, 5) is 6.67. The van der Waals surface area contributed by atoms with Crippen LogP contribution in [0.4, 0.5) is 11.4 Å². The lowest BCUT2D eigenvalue weighted by molar-refractivity contribution is 1.13. The SMILES string of the molecule is CC(=Nc1ccc(Cl)cc1)c1ccc(N(C)C)cc1. The van der Waals surface area contributed by atoms with Crippen molar-refractivity contribution >= 4 is 28.7 Å². The molecule has 0 atom stereocenters. The van der Waals surface area contributed by atoms with E-state index in [0.29, 0.717) is 0 Å². The highest BCUT2D eigenvalue weighted by Gasteiger charge is 2.00. The Balaban J connectivity index is 2.23. The number of hydrogen-bond donors (Lipinski definition) is 0. The van der Waals surface area contributed by atoms with Crippen LogP contribution in [0.2, 0.25) is 5.02 Å². The predicted octanol–water partition coefficient (Wildman–Crippen LogP) is 4.55. The van der Waals surface area contributed by atoms with Gasteiger partial charge in [0.15, 0.2) is 0 Å². The van der Waals surface area contributed by atoms with Crippen LogP contribution < -0.4 is 4.90 Å². The quantitative estimate of drug-likeness (QED) is 0.749. The molecule has 0 saturated carbocycles. The molecular formula is C16H17ClN2. The molecule has 0 unspecified atom stereocenters. The molecule has 0 N–H and O–H groups in total. The second-order valence-corrected chi connectivity index (χ2v) is 5.05. The molecule has 2 aromatic carbocycles. The zero-order valence-electron chi connectivity index (χ0n) is 11.4. The van der Waals surface area contributed by atoms with Gasteiger partial charge in [-0.2, -0.15) is 0 Å². The Morgan fingerprint density at radius 2 is 1.53 bits per heavy atom. The molecule has 3 heteroatoms. The molecule has 2 aromatic rings. The van der Waals surface area contributed by atoms with Crippen LogP contribution in [0.15, 0.2) is 53.5 Å². The summed E-state index contributed by atoms with van der Waals surface area (Å²) in [6.45, 7) is 2.01. The standard InChI is InChI=1S/C16H17ClN2/c1-12(18-15-8-6-14(17)7-9-15)13-4-10-16(11-5-13)19(2)3/h4-11H,1-3H3. The van der Waals surface area contributed by atoms with Gasteiger partial charge < -0.3 is 4.90 Å². The summed E-state index contributed by atoms with van der Waals surface area (Å²) in [5.41, 5.74) is 4.22. The van der Waals surface area contributed by atoms with Gasteiger partial charge in [0.05, 0.1) is 5.69 Å². The molecule has 0 heterocycles. The van der Waals surface area contributed by atoms with Crippen molar-refractivity contribution in [3.05, 3.63) is 59.1 Å². The number of aliphatic imine (C=N–C) groups is 1.